The van der Waals surface area contributed by atoms with Gasteiger partial charge in [-0.2, -0.15) is 0 Å². The van der Waals surface area contributed by atoms with Gasteiger partial charge in [0.15, 0.2) is 0 Å². The van der Waals surface area contributed by atoms with Crippen LogP contribution in [0.5, 0.6) is 0 Å². The predicted octanol–water partition coefficient (Wildman–Crippen LogP) is 0.312. The fraction of sp³-hybridized carbons (Fsp3) is 0.857. The zero-order chi connectivity index (χ0) is 7.40. The van der Waals surface area contributed by atoms with Crippen LogP contribution in [0.3, 0.4) is 0 Å². The Morgan fingerprint density at radius 1 is 1.50 bits per heavy atom. The van der Waals surface area contributed by atoms with Crippen LogP contribution < -0.4 is 11.1 Å². The largest absolute Gasteiger partial charge is 0.388 e. The molecule has 1 saturated heterocycles. The number of amidine groups is 1. The molecule has 1 aliphatic rings. The fourth-order valence-corrected chi connectivity index (χ4v) is 1.40. The lowest BCUT2D eigenvalue weighted by Crippen LogP contribution is -2.30. The van der Waals surface area contributed by atoms with E-state index in [1.54, 1.807) is 0 Å². The second-order valence-corrected chi connectivity index (χ2v) is 2.92. The summed E-state index contributed by atoms with van der Waals surface area (Å²) < 4.78 is 0. The van der Waals surface area contributed by atoms with Crippen LogP contribution >= 0.6 is 0 Å². The Labute approximate surface area is 61.5 Å². The maximum atomic E-state index is 7.09. The summed E-state index contributed by atoms with van der Waals surface area (Å²) in [5, 5.41) is 10.4. The van der Waals surface area contributed by atoms with E-state index in [0.29, 0.717) is 11.8 Å². The van der Waals surface area contributed by atoms with Crippen molar-refractivity contribution in [1.82, 2.24) is 5.32 Å². The highest BCUT2D eigenvalue weighted by atomic mass is 14.9. The summed E-state index contributed by atoms with van der Waals surface area (Å²) in [7, 11) is 0. The van der Waals surface area contributed by atoms with Crippen LogP contribution in [0.1, 0.15) is 19.3 Å². The molecule has 0 atom stereocenters. The first kappa shape index (κ1) is 7.54. The second kappa shape index (κ2) is 3.56. The molecule has 1 aliphatic heterocycles. The highest BCUT2D eigenvalue weighted by molar-refractivity contribution is 5.77. The number of hydrogen-bond acceptors (Lipinski definition) is 2. The predicted molar refractivity (Wildman–Crippen MR) is 42.1 cm³/mol. The molecule has 0 radical (unpaired) electrons. The van der Waals surface area contributed by atoms with Crippen LogP contribution in [0, 0.1) is 11.3 Å². The molecule has 1 rings (SSSR count). The molecular weight excluding hydrogens is 126 g/mol. The highest BCUT2D eigenvalue weighted by Crippen LogP contribution is 2.14. The van der Waals surface area contributed by atoms with Gasteiger partial charge in [0.25, 0.3) is 0 Å². The second-order valence-electron chi connectivity index (χ2n) is 2.92. The topological polar surface area (TPSA) is 61.9 Å². The summed E-state index contributed by atoms with van der Waals surface area (Å²) in [5.41, 5.74) is 5.29. The molecule has 0 aliphatic carbocycles. The maximum Gasteiger partial charge on any atom is 0.0908 e. The van der Waals surface area contributed by atoms with Gasteiger partial charge in [0.2, 0.25) is 0 Å². The van der Waals surface area contributed by atoms with Crippen molar-refractivity contribution in [3.05, 3.63) is 0 Å². The van der Waals surface area contributed by atoms with E-state index in [9.17, 15) is 0 Å². The van der Waals surface area contributed by atoms with Gasteiger partial charge in [-0.15, -0.1) is 0 Å². The standard InChI is InChI=1S/C7H15N3/c8-7(9)5-6-1-3-10-4-2-6/h6,10H,1-5H2,(H3,8,9). The molecule has 1 heterocycles. The van der Waals surface area contributed by atoms with Crippen molar-refractivity contribution in [2.24, 2.45) is 11.7 Å². The Morgan fingerprint density at radius 3 is 2.60 bits per heavy atom. The summed E-state index contributed by atoms with van der Waals surface area (Å²) >= 11 is 0. The van der Waals surface area contributed by atoms with E-state index in [2.05, 4.69) is 5.32 Å². The lowest BCUT2D eigenvalue weighted by Gasteiger charge is -2.21. The number of hydrogen-bond donors (Lipinski definition) is 3. The lowest BCUT2D eigenvalue weighted by atomic mass is 9.94. The molecule has 0 spiro atoms. The summed E-state index contributed by atoms with van der Waals surface area (Å²) in [6.07, 6.45) is 3.15. The van der Waals surface area contributed by atoms with E-state index in [0.717, 1.165) is 19.5 Å². The smallest absolute Gasteiger partial charge is 0.0908 e. The van der Waals surface area contributed by atoms with Crippen molar-refractivity contribution < 1.29 is 0 Å². The highest BCUT2D eigenvalue weighted by Gasteiger charge is 2.12. The third-order valence-corrected chi connectivity index (χ3v) is 1.97. The number of nitrogens with two attached hydrogens (primary N) is 1. The van der Waals surface area contributed by atoms with Crippen molar-refractivity contribution in [1.29, 1.82) is 5.41 Å². The minimum Gasteiger partial charge on any atom is -0.388 e. The summed E-state index contributed by atoms with van der Waals surface area (Å²) in [4.78, 5) is 0. The maximum absolute atomic E-state index is 7.09. The van der Waals surface area contributed by atoms with Crippen LogP contribution in [0.2, 0.25) is 0 Å². The summed E-state index contributed by atoms with van der Waals surface area (Å²) in [6, 6.07) is 0. The molecule has 3 nitrogen and oxygen atoms in total. The molecule has 0 bridgehead atoms. The molecule has 1 fully saturated rings. The van der Waals surface area contributed by atoms with Crippen molar-refractivity contribution >= 4 is 5.84 Å². The van der Waals surface area contributed by atoms with Crippen LogP contribution in [0.25, 0.3) is 0 Å². The van der Waals surface area contributed by atoms with E-state index < -0.39 is 0 Å². The Bertz CT molecular complexity index is 116. The van der Waals surface area contributed by atoms with Gasteiger partial charge in [-0.25, -0.2) is 0 Å². The molecule has 58 valence electrons. The van der Waals surface area contributed by atoms with Gasteiger partial charge >= 0.3 is 0 Å². The summed E-state index contributed by atoms with van der Waals surface area (Å²) in [5.74, 6) is 1.01. The Hall–Kier alpha value is -0.570. The third kappa shape index (κ3) is 2.35. The van der Waals surface area contributed by atoms with Gasteiger partial charge in [0.05, 0.1) is 5.84 Å². The van der Waals surface area contributed by atoms with E-state index in [1.807, 2.05) is 0 Å². The molecule has 4 N–H and O–H groups in total. The SMILES string of the molecule is N=C(N)CC1CCNCC1. The van der Waals surface area contributed by atoms with E-state index in [-0.39, 0.29) is 0 Å². The van der Waals surface area contributed by atoms with Gasteiger partial charge in [0.1, 0.15) is 0 Å². The monoisotopic (exact) mass is 141 g/mol. The van der Waals surface area contributed by atoms with Crippen molar-refractivity contribution in [3.8, 4) is 0 Å². The quantitative estimate of drug-likeness (QED) is 0.383. The van der Waals surface area contributed by atoms with Crippen LogP contribution in [-0.2, 0) is 0 Å². The van der Waals surface area contributed by atoms with Crippen LogP contribution in [0.4, 0.5) is 0 Å². The molecule has 0 unspecified atom stereocenters. The Kier molecular flexibility index (Phi) is 2.68. The minimum absolute atomic E-state index is 0.340. The minimum atomic E-state index is 0.340. The molecule has 0 aromatic rings. The van der Waals surface area contributed by atoms with Gasteiger partial charge in [-0.05, 0) is 31.8 Å². The van der Waals surface area contributed by atoms with E-state index in [1.165, 1.54) is 12.8 Å². The van der Waals surface area contributed by atoms with Crippen LogP contribution in [0.15, 0.2) is 0 Å². The first-order chi connectivity index (χ1) is 4.79. The average Bonchev–Trinajstić information content (AvgIpc) is 1.88. The molecule has 0 amide bonds. The molecule has 10 heavy (non-hydrogen) atoms. The molecule has 3 heteroatoms. The molecule has 0 aromatic heterocycles. The average molecular weight is 141 g/mol. The summed E-state index contributed by atoms with van der Waals surface area (Å²) in [6.45, 7) is 2.19. The van der Waals surface area contributed by atoms with E-state index >= 15 is 0 Å². The first-order valence-corrected chi connectivity index (χ1v) is 3.82. The van der Waals surface area contributed by atoms with Gasteiger partial charge < -0.3 is 11.1 Å². The van der Waals surface area contributed by atoms with E-state index in [4.69, 9.17) is 11.1 Å². The number of nitrogens with one attached hydrogen (secondary N) is 2. The van der Waals surface area contributed by atoms with Crippen molar-refractivity contribution in [2.45, 2.75) is 19.3 Å². The third-order valence-electron chi connectivity index (χ3n) is 1.97. The molecular formula is C7H15N3. The van der Waals surface area contributed by atoms with Gasteiger partial charge in [-0.3, -0.25) is 5.41 Å². The fourth-order valence-electron chi connectivity index (χ4n) is 1.40. The zero-order valence-corrected chi connectivity index (χ0v) is 6.19. The number of rotatable bonds is 2. The van der Waals surface area contributed by atoms with Crippen molar-refractivity contribution in [2.75, 3.05) is 13.1 Å². The van der Waals surface area contributed by atoms with Gasteiger partial charge in [0, 0.05) is 6.42 Å². The molecule has 0 saturated carbocycles. The first-order valence-electron chi connectivity index (χ1n) is 3.82. The van der Waals surface area contributed by atoms with Crippen LogP contribution in [-0.4, -0.2) is 18.9 Å². The zero-order valence-electron chi connectivity index (χ0n) is 6.19. The molecule has 0 aromatic carbocycles. The number of piperidine rings is 1. The Balaban J connectivity index is 2.19. The van der Waals surface area contributed by atoms with Gasteiger partial charge in [-0.1, -0.05) is 0 Å². The lowest BCUT2D eigenvalue weighted by molar-refractivity contribution is 0.383. The van der Waals surface area contributed by atoms with Crippen molar-refractivity contribution in [3.63, 3.8) is 0 Å². The normalized spacial score (nSPS) is 20.8. The Morgan fingerprint density at radius 2 is 2.10 bits per heavy atom.